The molecule has 0 amide bonds. The molecule has 3 aromatic carbocycles. The molecule has 2 aliphatic heterocycles. The van der Waals surface area contributed by atoms with Gasteiger partial charge in [-0.15, -0.1) is 0 Å². The second-order valence-corrected chi connectivity index (χ2v) is 11.2. The van der Waals surface area contributed by atoms with Crippen LogP contribution in [0.15, 0.2) is 89.7 Å². The maximum absolute atomic E-state index is 13.4. The highest BCUT2D eigenvalue weighted by atomic mass is 35.5. The van der Waals surface area contributed by atoms with Crippen LogP contribution in [0.5, 0.6) is 5.75 Å². The Kier molecular flexibility index (Phi) is 7.69. The molecule has 2 aliphatic rings. The third kappa shape index (κ3) is 5.98. The summed E-state index contributed by atoms with van der Waals surface area (Å²) in [6.45, 7) is 4.04. The lowest BCUT2D eigenvalue weighted by atomic mass is 10.0. The Labute approximate surface area is 218 Å². The average molecular weight is 520 g/mol. The minimum absolute atomic E-state index is 0.0733. The van der Waals surface area contributed by atoms with E-state index in [1.807, 2.05) is 30.5 Å². The van der Waals surface area contributed by atoms with Gasteiger partial charge >= 0.3 is 0 Å². The van der Waals surface area contributed by atoms with E-state index in [4.69, 9.17) is 16.3 Å². The largest absolute Gasteiger partial charge is 0.487 e. The van der Waals surface area contributed by atoms with Crippen molar-refractivity contribution in [1.29, 1.82) is 0 Å². The van der Waals surface area contributed by atoms with Crippen molar-refractivity contribution >= 4 is 37.1 Å². The number of ether oxygens (including phenoxy) is 1. The number of nitrogens with zero attached hydrogens (tertiary/aromatic N) is 3. The smallest absolute Gasteiger partial charge is 0.138 e. The Hall–Kier alpha value is -3.14. The zero-order chi connectivity index (χ0) is 24.9. The van der Waals surface area contributed by atoms with Crippen LogP contribution >= 0.6 is 19.5 Å². The average Bonchev–Trinajstić information content (AvgIpc) is 2.89. The predicted octanol–water partition coefficient (Wildman–Crippen LogP) is 7.89. The summed E-state index contributed by atoms with van der Waals surface area (Å²) in [5.74, 6) is 4.86. The van der Waals surface area contributed by atoms with Crippen LogP contribution in [0.1, 0.15) is 23.1 Å². The second kappa shape index (κ2) is 11.3. The molecule has 36 heavy (non-hydrogen) atoms. The number of hydrogen-bond acceptors (Lipinski definition) is 4. The van der Waals surface area contributed by atoms with Crippen LogP contribution in [0.25, 0.3) is 0 Å². The summed E-state index contributed by atoms with van der Waals surface area (Å²) in [5, 5.41) is 0.507. The maximum Gasteiger partial charge on any atom is 0.138 e. The van der Waals surface area contributed by atoms with Crippen molar-refractivity contribution in [1.82, 2.24) is 4.90 Å². The van der Waals surface area contributed by atoms with Gasteiger partial charge in [0, 0.05) is 36.4 Å². The van der Waals surface area contributed by atoms with Gasteiger partial charge in [0.1, 0.15) is 24.8 Å². The molecule has 4 nitrogen and oxygen atoms in total. The highest BCUT2D eigenvalue weighted by Crippen LogP contribution is 2.37. The molecule has 0 aliphatic carbocycles. The Morgan fingerprint density at radius 3 is 2.69 bits per heavy atom. The molecule has 0 radical (unpaired) electrons. The molecular formula is C29H28ClFN3OP. The number of fused-ring (bicyclic) bond motifs is 1. The van der Waals surface area contributed by atoms with Crippen molar-refractivity contribution in [2.75, 3.05) is 24.8 Å². The van der Waals surface area contributed by atoms with E-state index in [0.29, 0.717) is 17.4 Å². The third-order valence-corrected chi connectivity index (χ3v) is 7.72. The maximum atomic E-state index is 13.4. The lowest BCUT2D eigenvalue weighted by molar-refractivity contribution is 0.306. The molecule has 0 saturated carbocycles. The Morgan fingerprint density at radius 1 is 1.03 bits per heavy atom. The van der Waals surface area contributed by atoms with Crippen molar-refractivity contribution in [3.8, 4) is 5.75 Å². The van der Waals surface area contributed by atoms with Gasteiger partial charge in [-0.1, -0.05) is 37.7 Å². The van der Waals surface area contributed by atoms with Crippen LogP contribution in [0.3, 0.4) is 0 Å². The van der Waals surface area contributed by atoms with Crippen LogP contribution in [0, 0.1) is 5.82 Å². The molecule has 0 N–H and O–H groups in total. The minimum Gasteiger partial charge on any atom is -0.487 e. The zero-order valence-corrected chi connectivity index (χ0v) is 21.8. The van der Waals surface area contributed by atoms with E-state index in [1.165, 1.54) is 17.7 Å². The van der Waals surface area contributed by atoms with Gasteiger partial charge < -0.3 is 14.5 Å². The first-order valence-electron chi connectivity index (χ1n) is 12.0. The van der Waals surface area contributed by atoms with Gasteiger partial charge in [0.2, 0.25) is 0 Å². The van der Waals surface area contributed by atoms with Gasteiger partial charge in [0.15, 0.2) is 0 Å². The van der Waals surface area contributed by atoms with E-state index in [1.54, 1.807) is 6.07 Å². The van der Waals surface area contributed by atoms with E-state index in [9.17, 15) is 4.39 Å². The molecule has 0 aromatic heterocycles. The lowest BCUT2D eigenvalue weighted by Gasteiger charge is -2.28. The predicted molar refractivity (Wildman–Crippen MR) is 149 cm³/mol. The highest BCUT2D eigenvalue weighted by Gasteiger charge is 2.18. The van der Waals surface area contributed by atoms with Gasteiger partial charge in [-0.3, -0.25) is 4.99 Å². The molecule has 0 spiro atoms. The van der Waals surface area contributed by atoms with Crippen molar-refractivity contribution in [3.63, 3.8) is 0 Å². The first kappa shape index (κ1) is 24.5. The van der Waals surface area contributed by atoms with Crippen molar-refractivity contribution < 1.29 is 9.13 Å². The quantitative estimate of drug-likeness (QED) is 0.283. The zero-order valence-electron chi connectivity index (χ0n) is 20.1. The fourth-order valence-electron chi connectivity index (χ4n) is 4.28. The molecule has 0 saturated heterocycles. The first-order valence-corrected chi connectivity index (χ1v) is 14.3. The molecule has 0 atom stereocenters. The Bertz CT molecular complexity index is 1310. The summed E-state index contributed by atoms with van der Waals surface area (Å²) < 4.78 is 19.3. The van der Waals surface area contributed by atoms with Crippen LogP contribution in [-0.2, 0) is 13.0 Å². The fourth-order valence-corrected chi connectivity index (χ4v) is 5.38. The summed E-state index contributed by atoms with van der Waals surface area (Å²) in [6.07, 6.45) is 8.46. The molecule has 2 heterocycles. The third-order valence-electron chi connectivity index (χ3n) is 6.22. The molecule has 0 bridgehead atoms. The monoisotopic (exact) mass is 519 g/mol. The van der Waals surface area contributed by atoms with Gasteiger partial charge in [-0.2, -0.15) is 0 Å². The summed E-state index contributed by atoms with van der Waals surface area (Å²) in [5.41, 5.74) is 5.23. The second-order valence-electron chi connectivity index (χ2n) is 8.91. The summed E-state index contributed by atoms with van der Waals surface area (Å²) >= 11 is 6.55. The molecule has 0 unspecified atom stereocenters. The topological polar surface area (TPSA) is 28.1 Å². The van der Waals surface area contributed by atoms with Crippen LogP contribution in [0.2, 0.25) is 5.02 Å². The number of aliphatic imine (C=N–C) groups is 1. The molecular weight excluding hydrogens is 492 g/mol. The van der Waals surface area contributed by atoms with Crippen LogP contribution < -0.4 is 9.64 Å². The Morgan fingerprint density at radius 2 is 1.89 bits per heavy atom. The number of aryl methyl sites for hydroxylation is 1. The minimum atomic E-state index is -0.281. The van der Waals surface area contributed by atoms with E-state index in [2.05, 4.69) is 63.7 Å². The fraction of sp³-hybridized carbons (Fsp3) is 0.207. The first-order chi connectivity index (χ1) is 17.5. The number of rotatable bonds is 8. The highest BCUT2D eigenvalue weighted by molar-refractivity contribution is 7.63. The molecule has 7 heteroatoms. The summed E-state index contributed by atoms with van der Waals surface area (Å²) in [4.78, 5) is 8.99. The Balaban J connectivity index is 1.23. The van der Waals surface area contributed by atoms with Gasteiger partial charge in [-0.25, -0.2) is 4.39 Å². The van der Waals surface area contributed by atoms with Crippen molar-refractivity contribution in [3.05, 3.63) is 112 Å². The standard InChI is InChI=1S/C29H28ClFN3OP/c1-36-14-12-33(13-15-36)11-3-5-22-7-9-28-24(16-22)19-32-21-34(28)26-8-10-29(27(30)18-26)35-20-23-4-2-6-25(31)17-23/h2,4,6-10,12-19H,3,5,11,20-21H2,1H3. The molecule has 5 rings (SSSR count). The van der Waals surface area contributed by atoms with Crippen LogP contribution in [-0.4, -0.2) is 31.0 Å². The summed E-state index contributed by atoms with van der Waals surface area (Å²) in [7, 11) is -0.0733. The molecule has 3 aromatic rings. The van der Waals surface area contributed by atoms with Crippen molar-refractivity contribution in [2.45, 2.75) is 19.4 Å². The van der Waals surface area contributed by atoms with Gasteiger partial charge in [0.25, 0.3) is 0 Å². The van der Waals surface area contributed by atoms with Crippen molar-refractivity contribution in [2.24, 2.45) is 4.99 Å². The SMILES string of the molecule is CP1C=CN(CCCc2ccc3c(c2)C=NCN3c2ccc(OCc3cccc(F)c3)c(Cl)c2)C=C1. The lowest BCUT2D eigenvalue weighted by Crippen LogP contribution is -2.22. The van der Waals surface area contributed by atoms with E-state index < -0.39 is 0 Å². The number of benzene rings is 3. The van der Waals surface area contributed by atoms with Gasteiger partial charge in [0.05, 0.1) is 10.7 Å². The summed E-state index contributed by atoms with van der Waals surface area (Å²) in [6, 6.07) is 18.7. The molecule has 184 valence electrons. The van der Waals surface area contributed by atoms with E-state index >= 15 is 0 Å². The normalized spacial score (nSPS) is 14.9. The number of halogens is 2. The molecule has 0 fully saturated rings. The van der Waals surface area contributed by atoms with Gasteiger partial charge in [-0.05, 0) is 84.7 Å². The van der Waals surface area contributed by atoms with E-state index in [-0.39, 0.29) is 20.3 Å². The number of hydrogen-bond donors (Lipinski definition) is 0. The van der Waals surface area contributed by atoms with E-state index in [0.717, 1.165) is 41.9 Å². The number of anilines is 2. The van der Waals surface area contributed by atoms with Crippen LogP contribution in [0.4, 0.5) is 15.8 Å².